The smallest absolute Gasteiger partial charge is 0.258 e. The number of nitriles is 1. The minimum absolute atomic E-state index is 0.0433. The van der Waals surface area contributed by atoms with Crippen LogP contribution in [-0.2, 0) is 16.6 Å². The first-order valence-corrected chi connectivity index (χ1v) is 14.2. The number of benzene rings is 3. The number of aromatic nitrogens is 1. The molecule has 3 heterocycles. The fourth-order valence-electron chi connectivity index (χ4n) is 6.09. The third-order valence-corrected chi connectivity index (χ3v) is 9.72. The molecule has 2 aliphatic rings. The first kappa shape index (κ1) is 24.4. The quantitative estimate of drug-likeness (QED) is 0.395. The summed E-state index contributed by atoms with van der Waals surface area (Å²) in [6, 6.07) is 24.2. The summed E-state index contributed by atoms with van der Waals surface area (Å²) in [7, 11) is 0.155. The van der Waals surface area contributed by atoms with Crippen molar-refractivity contribution in [3.05, 3.63) is 94.4 Å². The third-order valence-electron chi connectivity index (χ3n) is 7.83. The van der Waals surface area contributed by atoms with Crippen molar-refractivity contribution in [1.82, 2.24) is 8.87 Å². The number of hydrogen-bond donors (Lipinski definition) is 0. The van der Waals surface area contributed by atoms with E-state index in [-0.39, 0.29) is 17.4 Å². The summed E-state index contributed by atoms with van der Waals surface area (Å²) < 4.78 is 31.4. The summed E-state index contributed by atoms with van der Waals surface area (Å²) >= 11 is 0. The van der Waals surface area contributed by atoms with Crippen LogP contribution in [0.3, 0.4) is 0 Å². The molecule has 0 saturated carbocycles. The van der Waals surface area contributed by atoms with Gasteiger partial charge in [0, 0.05) is 67.4 Å². The molecule has 192 valence electrons. The van der Waals surface area contributed by atoms with Gasteiger partial charge in [0.15, 0.2) is 0 Å². The molecule has 3 aromatic carbocycles. The highest BCUT2D eigenvalue weighted by Gasteiger charge is 2.40. The second-order valence-corrected chi connectivity index (χ2v) is 12.3. The number of hydrogen-bond acceptors (Lipinski definition) is 5. The van der Waals surface area contributed by atoms with E-state index in [0.717, 1.165) is 34.1 Å². The van der Waals surface area contributed by atoms with Crippen LogP contribution in [0.4, 0.5) is 5.69 Å². The number of sulfonamides is 1. The maximum Gasteiger partial charge on any atom is 0.258 e. The van der Waals surface area contributed by atoms with Gasteiger partial charge in [-0.1, -0.05) is 36.4 Å². The Morgan fingerprint density at radius 1 is 0.921 bits per heavy atom. The maximum absolute atomic E-state index is 14.0. The van der Waals surface area contributed by atoms with Gasteiger partial charge in [0.2, 0.25) is 10.0 Å². The highest BCUT2D eigenvalue weighted by molar-refractivity contribution is 7.89. The van der Waals surface area contributed by atoms with E-state index in [1.54, 1.807) is 28.6 Å². The Balaban J connectivity index is 1.37. The van der Waals surface area contributed by atoms with Gasteiger partial charge in [-0.3, -0.25) is 4.79 Å². The van der Waals surface area contributed by atoms with Crippen molar-refractivity contribution in [3.8, 4) is 17.2 Å². The Hall–Kier alpha value is -3.93. The summed E-state index contributed by atoms with van der Waals surface area (Å²) in [5, 5.41) is 10.9. The molecule has 0 amide bonds. The molecule has 6 rings (SSSR count). The first-order valence-electron chi connectivity index (χ1n) is 12.7. The van der Waals surface area contributed by atoms with Crippen LogP contribution in [-0.4, -0.2) is 44.5 Å². The van der Waals surface area contributed by atoms with Crippen LogP contribution in [0.25, 0.3) is 21.9 Å². The SMILES string of the molecule is CN(C)c1cccc2c(S(=O)(=O)N3C[C@@H]4C[C@H](C3)c3ccc(-c5cccc(C#N)c5)c(=O)n3C4)cccc12. The maximum atomic E-state index is 14.0. The summed E-state index contributed by atoms with van der Waals surface area (Å²) in [5.41, 5.74) is 3.54. The van der Waals surface area contributed by atoms with Gasteiger partial charge in [-0.15, -0.1) is 0 Å². The van der Waals surface area contributed by atoms with Gasteiger partial charge < -0.3 is 9.47 Å². The summed E-state index contributed by atoms with van der Waals surface area (Å²) in [5.74, 6) is -0.0153. The Kier molecular flexibility index (Phi) is 5.86. The van der Waals surface area contributed by atoms with Gasteiger partial charge in [0.05, 0.1) is 16.5 Å². The van der Waals surface area contributed by atoms with Crippen LogP contribution in [0.15, 0.2) is 82.5 Å². The van der Waals surface area contributed by atoms with Crippen LogP contribution >= 0.6 is 0 Å². The van der Waals surface area contributed by atoms with Crippen LogP contribution < -0.4 is 10.5 Å². The first-order chi connectivity index (χ1) is 18.3. The molecule has 8 heteroatoms. The van der Waals surface area contributed by atoms with Gasteiger partial charge in [0.1, 0.15) is 0 Å². The zero-order valence-corrected chi connectivity index (χ0v) is 22.1. The highest BCUT2D eigenvalue weighted by atomic mass is 32.2. The molecule has 2 bridgehead atoms. The van der Waals surface area contributed by atoms with Gasteiger partial charge >= 0.3 is 0 Å². The molecule has 4 aromatic rings. The fraction of sp³-hybridized carbons (Fsp3) is 0.267. The molecular weight excluding hydrogens is 496 g/mol. The number of rotatable bonds is 4. The number of nitrogens with zero attached hydrogens (tertiary/aromatic N) is 4. The lowest BCUT2D eigenvalue weighted by Gasteiger charge is -2.42. The van der Waals surface area contributed by atoms with Crippen molar-refractivity contribution < 1.29 is 8.42 Å². The molecule has 1 saturated heterocycles. The number of pyridine rings is 1. The lowest BCUT2D eigenvalue weighted by atomic mass is 9.84. The Bertz CT molecular complexity index is 1790. The zero-order chi connectivity index (χ0) is 26.6. The van der Waals surface area contributed by atoms with E-state index < -0.39 is 10.0 Å². The van der Waals surface area contributed by atoms with E-state index in [4.69, 9.17) is 0 Å². The van der Waals surface area contributed by atoms with Crippen molar-refractivity contribution in [2.75, 3.05) is 32.1 Å². The second kappa shape index (κ2) is 9.12. The van der Waals surface area contributed by atoms with Crippen LogP contribution in [0.2, 0.25) is 0 Å². The van der Waals surface area contributed by atoms with Crippen molar-refractivity contribution in [2.24, 2.45) is 5.92 Å². The van der Waals surface area contributed by atoms with Crippen LogP contribution in [0.5, 0.6) is 0 Å². The molecule has 1 aromatic heterocycles. The van der Waals surface area contributed by atoms with E-state index >= 15 is 0 Å². The monoisotopic (exact) mass is 524 g/mol. The number of fused-ring (bicyclic) bond motifs is 5. The molecular formula is C30H28N4O3S. The molecule has 0 spiro atoms. The molecule has 0 radical (unpaired) electrons. The molecule has 38 heavy (non-hydrogen) atoms. The van der Waals surface area contributed by atoms with E-state index in [0.29, 0.717) is 35.7 Å². The normalized spacial score (nSPS) is 19.1. The highest BCUT2D eigenvalue weighted by Crippen LogP contribution is 2.39. The second-order valence-electron chi connectivity index (χ2n) is 10.4. The molecule has 2 atom stereocenters. The van der Waals surface area contributed by atoms with Gasteiger partial charge in [0.25, 0.3) is 5.56 Å². The predicted molar refractivity (Wildman–Crippen MR) is 149 cm³/mol. The molecule has 1 fully saturated rings. The number of anilines is 1. The Morgan fingerprint density at radius 3 is 2.47 bits per heavy atom. The third kappa shape index (κ3) is 3.90. The van der Waals surface area contributed by atoms with Crippen LogP contribution in [0, 0.1) is 17.2 Å². The Labute approximate surface area is 222 Å². The average molecular weight is 525 g/mol. The molecule has 0 unspecified atom stereocenters. The summed E-state index contributed by atoms with van der Waals surface area (Å²) in [6.07, 6.45) is 0.856. The zero-order valence-electron chi connectivity index (χ0n) is 21.3. The van der Waals surface area contributed by atoms with E-state index in [1.165, 1.54) is 0 Å². The average Bonchev–Trinajstić information content (AvgIpc) is 2.92. The number of piperidine rings is 1. The van der Waals surface area contributed by atoms with E-state index in [9.17, 15) is 18.5 Å². The molecule has 0 N–H and O–H groups in total. The van der Waals surface area contributed by atoms with Crippen molar-refractivity contribution >= 4 is 26.5 Å². The van der Waals surface area contributed by atoms with Crippen LogP contribution in [0.1, 0.15) is 23.6 Å². The molecule has 0 aliphatic carbocycles. The predicted octanol–water partition coefficient (Wildman–Crippen LogP) is 4.41. The van der Waals surface area contributed by atoms with Crippen molar-refractivity contribution in [2.45, 2.75) is 23.8 Å². The van der Waals surface area contributed by atoms with Gasteiger partial charge in [-0.25, -0.2) is 8.42 Å². The van der Waals surface area contributed by atoms with Gasteiger partial charge in [-0.2, -0.15) is 9.57 Å². The lowest BCUT2D eigenvalue weighted by Crippen LogP contribution is -2.49. The molecule has 7 nitrogen and oxygen atoms in total. The minimum atomic E-state index is -3.75. The Morgan fingerprint density at radius 2 is 1.68 bits per heavy atom. The topological polar surface area (TPSA) is 86.4 Å². The summed E-state index contributed by atoms with van der Waals surface area (Å²) in [4.78, 5) is 15.8. The fourth-order valence-corrected chi connectivity index (χ4v) is 7.86. The van der Waals surface area contributed by atoms with Crippen molar-refractivity contribution in [1.29, 1.82) is 5.26 Å². The largest absolute Gasteiger partial charge is 0.377 e. The lowest BCUT2D eigenvalue weighted by molar-refractivity contribution is 0.186. The van der Waals surface area contributed by atoms with Crippen molar-refractivity contribution in [3.63, 3.8) is 0 Å². The minimum Gasteiger partial charge on any atom is -0.377 e. The summed E-state index contributed by atoms with van der Waals surface area (Å²) in [6.45, 7) is 1.19. The van der Waals surface area contributed by atoms with E-state index in [2.05, 4.69) is 6.07 Å². The standard InChI is InChI=1S/C30H28N4O3S/c1-32(2)28-10-4-9-26-25(28)8-5-11-29(26)38(36,37)33-17-21-15-23(19-33)27-13-12-24(30(35)34(27)18-21)22-7-3-6-20(14-22)16-31/h3-14,21,23H,15,17-19H2,1-2H3/t21-,23+/m0/s1. The van der Waals surface area contributed by atoms with E-state index in [1.807, 2.05) is 72.1 Å². The van der Waals surface area contributed by atoms with Gasteiger partial charge in [-0.05, 0) is 54.3 Å². The molecule has 2 aliphatic heterocycles.